The third kappa shape index (κ3) is 3.70. The van der Waals surface area contributed by atoms with E-state index in [2.05, 4.69) is 59.0 Å². The van der Waals surface area contributed by atoms with Crippen LogP contribution < -0.4 is 4.90 Å². The molecule has 1 aromatic heterocycles. The summed E-state index contributed by atoms with van der Waals surface area (Å²) in [5.41, 5.74) is 4.56. The van der Waals surface area contributed by atoms with Gasteiger partial charge in [0.05, 0.1) is 17.3 Å². The molecule has 1 unspecified atom stereocenters. The molecule has 3 aromatic rings. The number of aromatic nitrogens is 1. The van der Waals surface area contributed by atoms with Crippen LogP contribution in [0.2, 0.25) is 0 Å². The number of hydrogen-bond acceptors (Lipinski definition) is 3. The highest BCUT2D eigenvalue weighted by Crippen LogP contribution is 2.28. The molecule has 0 saturated carbocycles. The summed E-state index contributed by atoms with van der Waals surface area (Å²) in [4.78, 5) is 6.12. The summed E-state index contributed by atoms with van der Waals surface area (Å²) in [5.74, 6) is 0.860. The predicted molar refractivity (Wildman–Crippen MR) is 106 cm³/mol. The molecule has 132 valence electrons. The van der Waals surface area contributed by atoms with E-state index in [9.17, 15) is 5.11 Å². The molecule has 1 heterocycles. The van der Waals surface area contributed by atoms with Crippen LogP contribution in [0.3, 0.4) is 0 Å². The van der Waals surface area contributed by atoms with Gasteiger partial charge in [0.15, 0.2) is 5.01 Å². The van der Waals surface area contributed by atoms with E-state index >= 15 is 0 Å². The third-order valence-corrected chi connectivity index (χ3v) is 6.20. The van der Waals surface area contributed by atoms with Crippen LogP contribution in [0.25, 0.3) is 10.2 Å². The van der Waals surface area contributed by atoms with E-state index in [0.717, 1.165) is 28.2 Å². The lowest BCUT2D eigenvalue weighted by atomic mass is 9.95. The lowest BCUT2D eigenvalue weighted by Crippen LogP contribution is -3.07. The van der Waals surface area contributed by atoms with Crippen LogP contribution in [-0.2, 0) is 6.54 Å². The highest BCUT2D eigenvalue weighted by atomic mass is 32.1. The van der Waals surface area contributed by atoms with Crippen molar-refractivity contribution >= 4 is 21.6 Å². The molecule has 0 aliphatic carbocycles. The fourth-order valence-electron chi connectivity index (χ4n) is 3.26. The van der Waals surface area contributed by atoms with Gasteiger partial charge >= 0.3 is 0 Å². The van der Waals surface area contributed by atoms with Crippen LogP contribution in [0.4, 0.5) is 0 Å². The molecule has 2 atom stereocenters. The zero-order valence-electron chi connectivity index (χ0n) is 15.6. The van der Waals surface area contributed by atoms with Gasteiger partial charge in [0.2, 0.25) is 0 Å². The van der Waals surface area contributed by atoms with Gasteiger partial charge in [-0.1, -0.05) is 26.0 Å². The Bertz CT molecular complexity index is 852. The SMILES string of the molecule is Cc1cc(O)c(C[NH+](C)[C@H](C)c2nc3ccccc3s2)cc1C(C)C. The first kappa shape index (κ1) is 17.9. The van der Waals surface area contributed by atoms with E-state index in [4.69, 9.17) is 4.98 Å². The Balaban J connectivity index is 1.83. The first-order valence-electron chi connectivity index (χ1n) is 8.87. The standard InChI is InChI=1S/C21H26N2OS/c1-13(2)17-11-16(19(24)10-14(17)3)12-23(5)15(4)21-22-18-8-6-7-9-20(18)25-21/h6-11,13,15,24H,12H2,1-5H3/p+1/t15-/m1/s1. The Hall–Kier alpha value is -1.91. The molecule has 2 aromatic carbocycles. The normalized spacial score (nSPS) is 14.2. The number of quaternary nitrogens is 1. The molecule has 0 amide bonds. The molecule has 3 nitrogen and oxygen atoms in total. The third-order valence-electron chi connectivity index (χ3n) is 4.98. The smallest absolute Gasteiger partial charge is 0.151 e. The van der Waals surface area contributed by atoms with Crippen LogP contribution in [-0.4, -0.2) is 17.1 Å². The quantitative estimate of drug-likeness (QED) is 0.719. The van der Waals surface area contributed by atoms with Gasteiger partial charge in [0, 0.05) is 5.56 Å². The van der Waals surface area contributed by atoms with Crippen LogP contribution in [0.15, 0.2) is 36.4 Å². The first-order valence-corrected chi connectivity index (χ1v) is 9.68. The zero-order valence-corrected chi connectivity index (χ0v) is 16.4. The summed E-state index contributed by atoms with van der Waals surface area (Å²) in [7, 11) is 2.17. The number of fused-ring (bicyclic) bond motifs is 1. The number of nitrogens with one attached hydrogen (secondary N) is 1. The van der Waals surface area contributed by atoms with Gasteiger partial charge in [0.25, 0.3) is 0 Å². The zero-order chi connectivity index (χ0) is 18.1. The van der Waals surface area contributed by atoms with Crippen molar-refractivity contribution in [1.82, 2.24) is 4.98 Å². The number of rotatable bonds is 5. The molecule has 2 N–H and O–H groups in total. The van der Waals surface area contributed by atoms with Crippen molar-refractivity contribution in [2.75, 3.05) is 7.05 Å². The number of aromatic hydroxyl groups is 1. The predicted octanol–water partition coefficient (Wildman–Crippen LogP) is 4.21. The maximum absolute atomic E-state index is 10.4. The van der Waals surface area contributed by atoms with Crippen molar-refractivity contribution in [2.45, 2.75) is 46.2 Å². The van der Waals surface area contributed by atoms with E-state index in [1.807, 2.05) is 12.1 Å². The van der Waals surface area contributed by atoms with E-state index in [1.165, 1.54) is 15.2 Å². The molecule has 0 saturated heterocycles. The van der Waals surface area contributed by atoms with Crippen molar-refractivity contribution in [3.8, 4) is 5.75 Å². The molecule has 4 heteroatoms. The fourth-order valence-corrected chi connectivity index (χ4v) is 4.37. The first-order chi connectivity index (χ1) is 11.9. The topological polar surface area (TPSA) is 37.6 Å². The van der Waals surface area contributed by atoms with E-state index in [0.29, 0.717) is 11.7 Å². The van der Waals surface area contributed by atoms with Gasteiger partial charge in [0.1, 0.15) is 18.3 Å². The molecule has 0 bridgehead atoms. The minimum Gasteiger partial charge on any atom is -0.507 e. The molecule has 0 radical (unpaired) electrons. The molecule has 0 fully saturated rings. The second kappa shape index (κ2) is 7.14. The Morgan fingerprint density at radius 3 is 2.56 bits per heavy atom. The average molecular weight is 356 g/mol. The monoisotopic (exact) mass is 355 g/mol. The lowest BCUT2D eigenvalue weighted by Gasteiger charge is -2.21. The van der Waals surface area contributed by atoms with E-state index < -0.39 is 0 Å². The van der Waals surface area contributed by atoms with Gasteiger partial charge in [-0.3, -0.25) is 0 Å². The van der Waals surface area contributed by atoms with Crippen molar-refractivity contribution < 1.29 is 10.0 Å². The van der Waals surface area contributed by atoms with Gasteiger partial charge in [-0.25, -0.2) is 4.98 Å². The van der Waals surface area contributed by atoms with Crippen molar-refractivity contribution in [3.05, 3.63) is 58.1 Å². The number of phenols is 1. The van der Waals surface area contributed by atoms with E-state index in [-0.39, 0.29) is 6.04 Å². The number of aryl methyl sites for hydroxylation is 1. The molecule has 0 aliphatic rings. The summed E-state index contributed by atoms with van der Waals surface area (Å²) < 4.78 is 1.23. The lowest BCUT2D eigenvalue weighted by molar-refractivity contribution is -0.923. The Kier molecular flexibility index (Phi) is 5.11. The number of thiazole rings is 1. The number of phenolic OH excluding ortho intramolecular Hbond substituents is 1. The molecular weight excluding hydrogens is 328 g/mol. The van der Waals surface area contributed by atoms with Gasteiger partial charge in [-0.2, -0.15) is 0 Å². The second-order valence-electron chi connectivity index (χ2n) is 7.26. The molecule has 25 heavy (non-hydrogen) atoms. The summed E-state index contributed by atoms with van der Waals surface area (Å²) in [6.07, 6.45) is 0. The average Bonchev–Trinajstić information content (AvgIpc) is 3.00. The van der Waals surface area contributed by atoms with Crippen molar-refractivity contribution in [1.29, 1.82) is 0 Å². The van der Waals surface area contributed by atoms with Crippen LogP contribution >= 0.6 is 11.3 Å². The summed E-state index contributed by atoms with van der Waals surface area (Å²) in [6, 6.07) is 12.6. The minimum absolute atomic E-state index is 0.278. The molecular formula is C21H27N2OS+. The van der Waals surface area contributed by atoms with Crippen molar-refractivity contribution in [2.24, 2.45) is 0 Å². The van der Waals surface area contributed by atoms with E-state index in [1.54, 1.807) is 11.3 Å². The van der Waals surface area contributed by atoms with Crippen LogP contribution in [0.1, 0.15) is 54.4 Å². The fraction of sp³-hybridized carbons (Fsp3) is 0.381. The summed E-state index contributed by atoms with van der Waals surface area (Å²) in [6.45, 7) is 9.46. The summed E-state index contributed by atoms with van der Waals surface area (Å²) in [5, 5.41) is 11.5. The Morgan fingerprint density at radius 1 is 1.16 bits per heavy atom. The number of benzene rings is 2. The highest BCUT2D eigenvalue weighted by Gasteiger charge is 2.21. The largest absolute Gasteiger partial charge is 0.507 e. The maximum Gasteiger partial charge on any atom is 0.151 e. The Labute approximate surface area is 154 Å². The van der Waals surface area contributed by atoms with Crippen LogP contribution in [0.5, 0.6) is 5.75 Å². The number of para-hydroxylation sites is 1. The van der Waals surface area contributed by atoms with Crippen LogP contribution in [0, 0.1) is 6.92 Å². The van der Waals surface area contributed by atoms with Gasteiger partial charge < -0.3 is 10.0 Å². The second-order valence-corrected chi connectivity index (χ2v) is 8.32. The minimum atomic E-state index is 0.278. The van der Waals surface area contributed by atoms with Gasteiger partial charge in [-0.15, -0.1) is 11.3 Å². The molecule has 0 aliphatic heterocycles. The maximum atomic E-state index is 10.4. The summed E-state index contributed by atoms with van der Waals surface area (Å²) >= 11 is 1.76. The molecule has 0 spiro atoms. The number of hydrogen-bond donors (Lipinski definition) is 2. The van der Waals surface area contributed by atoms with Crippen molar-refractivity contribution in [3.63, 3.8) is 0 Å². The Morgan fingerprint density at radius 2 is 1.88 bits per heavy atom. The highest BCUT2D eigenvalue weighted by molar-refractivity contribution is 7.18. The van der Waals surface area contributed by atoms with Gasteiger partial charge in [-0.05, 0) is 55.2 Å². The molecule has 3 rings (SSSR count). The number of nitrogens with zero attached hydrogens (tertiary/aromatic N) is 1.